The minimum absolute atomic E-state index is 0.125. The van der Waals surface area contributed by atoms with E-state index in [4.69, 9.17) is 9.47 Å². The van der Waals surface area contributed by atoms with Crippen LogP contribution in [0, 0.1) is 10.1 Å². The van der Waals surface area contributed by atoms with Crippen LogP contribution in [0.2, 0.25) is 0 Å². The second-order valence-corrected chi connectivity index (χ2v) is 6.08. The number of hydrogen-bond donors (Lipinski definition) is 1. The lowest BCUT2D eigenvalue weighted by Gasteiger charge is -2.19. The molecule has 8 nitrogen and oxygen atoms in total. The molecule has 2 atom stereocenters. The van der Waals surface area contributed by atoms with Gasteiger partial charge in [-0.05, 0) is 25.0 Å². The van der Waals surface area contributed by atoms with Gasteiger partial charge in [-0.1, -0.05) is 37.3 Å². The van der Waals surface area contributed by atoms with Crippen LogP contribution in [-0.2, 0) is 14.3 Å². The van der Waals surface area contributed by atoms with Crippen LogP contribution >= 0.6 is 0 Å². The molecule has 0 aliphatic rings. The maximum absolute atomic E-state index is 12.5. The zero-order chi connectivity index (χ0) is 20.7. The molecule has 28 heavy (non-hydrogen) atoms. The Kier molecular flexibility index (Phi) is 7.08. The third kappa shape index (κ3) is 5.06. The van der Waals surface area contributed by atoms with Crippen molar-refractivity contribution in [2.75, 3.05) is 12.4 Å². The first-order valence-corrected chi connectivity index (χ1v) is 8.76. The predicted octanol–water partition coefficient (Wildman–Crippen LogP) is 3.67. The van der Waals surface area contributed by atoms with E-state index in [-0.39, 0.29) is 17.1 Å². The molecule has 2 aromatic rings. The van der Waals surface area contributed by atoms with Crippen LogP contribution in [0.5, 0.6) is 5.75 Å². The molecule has 0 fully saturated rings. The van der Waals surface area contributed by atoms with Gasteiger partial charge in [0, 0.05) is 12.1 Å². The number of nitrogens with one attached hydrogen (secondary N) is 1. The highest BCUT2D eigenvalue weighted by Gasteiger charge is 2.26. The van der Waals surface area contributed by atoms with Crippen molar-refractivity contribution in [2.45, 2.75) is 32.3 Å². The lowest BCUT2D eigenvalue weighted by Crippen LogP contribution is -2.32. The number of anilines is 1. The van der Waals surface area contributed by atoms with Crippen molar-refractivity contribution < 1.29 is 24.0 Å². The molecule has 8 heteroatoms. The molecule has 0 unspecified atom stereocenters. The fourth-order valence-corrected chi connectivity index (χ4v) is 2.68. The Labute approximate surface area is 162 Å². The molecular weight excluding hydrogens is 364 g/mol. The normalized spacial score (nSPS) is 12.5. The number of amides is 1. The number of non-ortho nitro benzene ring substituents is 1. The lowest BCUT2D eigenvalue weighted by molar-refractivity contribution is -0.384. The van der Waals surface area contributed by atoms with Crippen molar-refractivity contribution in [3.8, 4) is 5.75 Å². The van der Waals surface area contributed by atoms with Crippen LogP contribution < -0.4 is 10.1 Å². The SMILES string of the molecule is CC[C@@H](C(=O)O[C@H](C)C(=O)Nc1cc([N+](=O)[O-])ccc1OC)c1ccccc1. The number of nitrogens with zero attached hydrogens (tertiary/aromatic N) is 1. The van der Waals surface area contributed by atoms with Gasteiger partial charge in [-0.2, -0.15) is 0 Å². The maximum Gasteiger partial charge on any atom is 0.314 e. The lowest BCUT2D eigenvalue weighted by atomic mass is 9.97. The molecule has 0 radical (unpaired) electrons. The molecule has 0 aromatic heterocycles. The highest BCUT2D eigenvalue weighted by Crippen LogP contribution is 2.29. The van der Waals surface area contributed by atoms with E-state index < -0.39 is 28.8 Å². The molecule has 0 aliphatic heterocycles. The summed E-state index contributed by atoms with van der Waals surface area (Å²) in [5.74, 6) is -1.35. The average molecular weight is 386 g/mol. The Morgan fingerprint density at radius 3 is 2.43 bits per heavy atom. The molecule has 0 saturated heterocycles. The van der Waals surface area contributed by atoms with Crippen LogP contribution in [0.15, 0.2) is 48.5 Å². The molecule has 2 aromatic carbocycles. The summed E-state index contributed by atoms with van der Waals surface area (Å²) >= 11 is 0. The standard InChI is InChI=1S/C20H22N2O6/c1-4-16(14-8-6-5-7-9-14)20(24)28-13(2)19(23)21-17-12-15(22(25)26)10-11-18(17)27-3/h5-13,16H,4H2,1-3H3,(H,21,23)/t13-,16-/m1/s1. The molecular formula is C20H22N2O6. The van der Waals surface area contributed by atoms with Gasteiger partial charge >= 0.3 is 5.97 Å². The quantitative estimate of drug-likeness (QED) is 0.421. The smallest absolute Gasteiger partial charge is 0.314 e. The first-order chi connectivity index (χ1) is 13.4. The molecule has 0 bridgehead atoms. The Balaban J connectivity index is 2.09. The van der Waals surface area contributed by atoms with Crippen LogP contribution in [-0.4, -0.2) is 30.0 Å². The van der Waals surface area contributed by atoms with E-state index >= 15 is 0 Å². The van der Waals surface area contributed by atoms with E-state index in [9.17, 15) is 19.7 Å². The van der Waals surface area contributed by atoms with Crippen LogP contribution in [0.25, 0.3) is 0 Å². The van der Waals surface area contributed by atoms with Crippen molar-refractivity contribution in [1.29, 1.82) is 0 Å². The van der Waals surface area contributed by atoms with Gasteiger partial charge in [-0.3, -0.25) is 19.7 Å². The van der Waals surface area contributed by atoms with Gasteiger partial charge in [0.15, 0.2) is 6.10 Å². The summed E-state index contributed by atoms with van der Waals surface area (Å²) in [6, 6.07) is 13.0. The van der Waals surface area contributed by atoms with E-state index in [0.29, 0.717) is 6.42 Å². The van der Waals surface area contributed by atoms with Crippen LogP contribution in [0.1, 0.15) is 31.7 Å². The van der Waals surface area contributed by atoms with Gasteiger partial charge in [0.25, 0.3) is 11.6 Å². The van der Waals surface area contributed by atoms with Crippen molar-refractivity contribution in [3.05, 3.63) is 64.2 Å². The van der Waals surface area contributed by atoms with Crippen LogP contribution in [0.3, 0.4) is 0 Å². The summed E-state index contributed by atoms with van der Waals surface area (Å²) < 4.78 is 10.4. The third-order valence-corrected chi connectivity index (χ3v) is 4.21. The van der Waals surface area contributed by atoms with Crippen molar-refractivity contribution in [1.82, 2.24) is 0 Å². The van der Waals surface area contributed by atoms with Crippen molar-refractivity contribution in [3.63, 3.8) is 0 Å². The molecule has 0 heterocycles. The number of carbonyl (C=O) groups is 2. The minimum atomic E-state index is -1.09. The summed E-state index contributed by atoms with van der Waals surface area (Å²) in [5.41, 5.74) is 0.735. The topological polar surface area (TPSA) is 108 Å². The minimum Gasteiger partial charge on any atom is -0.495 e. The van der Waals surface area contributed by atoms with E-state index in [1.807, 2.05) is 37.3 Å². The Morgan fingerprint density at radius 1 is 1.18 bits per heavy atom. The van der Waals surface area contributed by atoms with Crippen LogP contribution in [0.4, 0.5) is 11.4 Å². The average Bonchev–Trinajstić information content (AvgIpc) is 2.69. The highest BCUT2D eigenvalue weighted by molar-refractivity contribution is 5.97. The summed E-state index contributed by atoms with van der Waals surface area (Å²) in [5, 5.41) is 13.5. The van der Waals surface area contributed by atoms with Gasteiger partial charge in [-0.25, -0.2) is 0 Å². The van der Waals surface area contributed by atoms with Gasteiger partial charge in [0.05, 0.1) is 23.6 Å². The van der Waals surface area contributed by atoms with E-state index in [1.54, 1.807) is 0 Å². The number of carbonyl (C=O) groups excluding carboxylic acids is 2. The molecule has 148 valence electrons. The van der Waals surface area contributed by atoms with Crippen molar-refractivity contribution in [2.24, 2.45) is 0 Å². The third-order valence-electron chi connectivity index (χ3n) is 4.21. The van der Waals surface area contributed by atoms with E-state index in [0.717, 1.165) is 5.56 Å². The fraction of sp³-hybridized carbons (Fsp3) is 0.300. The van der Waals surface area contributed by atoms with Gasteiger partial charge in [-0.15, -0.1) is 0 Å². The maximum atomic E-state index is 12.5. The molecule has 0 aliphatic carbocycles. The summed E-state index contributed by atoms with van der Waals surface area (Å²) in [6.45, 7) is 3.30. The second kappa shape index (κ2) is 9.50. The van der Waals surface area contributed by atoms with Gasteiger partial charge in [0.1, 0.15) is 5.75 Å². The van der Waals surface area contributed by atoms with E-state index in [2.05, 4.69) is 5.32 Å². The highest BCUT2D eigenvalue weighted by atomic mass is 16.6. The monoisotopic (exact) mass is 386 g/mol. The number of ether oxygens (including phenoxy) is 2. The molecule has 0 saturated carbocycles. The molecule has 1 N–H and O–H groups in total. The predicted molar refractivity (Wildman–Crippen MR) is 103 cm³/mol. The number of hydrogen-bond acceptors (Lipinski definition) is 6. The number of nitro groups is 1. The number of benzene rings is 2. The summed E-state index contributed by atoms with van der Waals surface area (Å²) in [7, 11) is 1.38. The number of esters is 1. The Morgan fingerprint density at radius 2 is 1.86 bits per heavy atom. The van der Waals surface area contributed by atoms with E-state index in [1.165, 1.54) is 32.2 Å². The summed E-state index contributed by atoms with van der Waals surface area (Å²) in [4.78, 5) is 35.3. The second-order valence-electron chi connectivity index (χ2n) is 6.08. The largest absolute Gasteiger partial charge is 0.495 e. The zero-order valence-corrected chi connectivity index (χ0v) is 15.9. The molecule has 1 amide bonds. The number of nitro benzene ring substituents is 1. The van der Waals surface area contributed by atoms with Gasteiger partial charge < -0.3 is 14.8 Å². The first kappa shape index (κ1) is 20.9. The summed E-state index contributed by atoms with van der Waals surface area (Å²) in [6.07, 6.45) is -0.565. The Bertz CT molecular complexity index is 853. The first-order valence-electron chi connectivity index (χ1n) is 8.76. The van der Waals surface area contributed by atoms with Crippen molar-refractivity contribution >= 4 is 23.3 Å². The number of rotatable bonds is 8. The Hall–Kier alpha value is -3.42. The molecule has 2 rings (SSSR count). The molecule has 0 spiro atoms. The fourth-order valence-electron chi connectivity index (χ4n) is 2.68. The van der Waals surface area contributed by atoms with Gasteiger partial charge in [0.2, 0.25) is 0 Å². The zero-order valence-electron chi connectivity index (χ0n) is 15.9. The number of methoxy groups -OCH3 is 1.